The van der Waals surface area contributed by atoms with E-state index >= 15 is 0 Å². The molecule has 0 heterocycles. The predicted molar refractivity (Wildman–Crippen MR) is 169 cm³/mol. The number of hydrogen-bond acceptors (Lipinski definition) is 1. The van der Waals surface area contributed by atoms with Gasteiger partial charge in [-0.15, -0.1) is 0 Å². The van der Waals surface area contributed by atoms with Gasteiger partial charge in [0.15, 0.2) is 0 Å². The van der Waals surface area contributed by atoms with Crippen LogP contribution in [0.2, 0.25) is 0 Å². The van der Waals surface area contributed by atoms with E-state index in [-0.39, 0.29) is 0 Å². The smallest absolute Gasteiger partial charge is 0.0459 e. The summed E-state index contributed by atoms with van der Waals surface area (Å²) in [5.74, 6) is 0.550. The third-order valence-electron chi connectivity index (χ3n) is 8.01. The van der Waals surface area contributed by atoms with Gasteiger partial charge in [-0.2, -0.15) is 0 Å². The van der Waals surface area contributed by atoms with E-state index in [1.54, 1.807) is 0 Å². The second-order valence-electron chi connectivity index (χ2n) is 11.8. The lowest BCUT2D eigenvalue weighted by Gasteiger charge is -2.13. The van der Waals surface area contributed by atoms with Crippen LogP contribution in [0.5, 0.6) is 0 Å². The van der Waals surface area contributed by atoms with Crippen molar-refractivity contribution in [3.05, 3.63) is 24.3 Å². The number of rotatable bonds is 31. The number of aliphatic hydroxyl groups is 1. The Morgan fingerprint density at radius 1 is 0.378 bits per heavy atom. The average Bonchev–Trinajstić information content (AvgIpc) is 2.91. The fourth-order valence-electron chi connectivity index (χ4n) is 5.33. The second kappa shape index (κ2) is 33.5. The Balaban J connectivity index is 3.35. The largest absolute Gasteiger partial charge is 0.396 e. The molecule has 1 atom stereocenters. The zero-order valence-electron chi connectivity index (χ0n) is 25.8. The zero-order valence-corrected chi connectivity index (χ0v) is 25.8. The summed E-state index contributed by atoms with van der Waals surface area (Å²) in [6, 6.07) is 0. The van der Waals surface area contributed by atoms with Crippen molar-refractivity contribution in [2.75, 3.05) is 6.61 Å². The van der Waals surface area contributed by atoms with Crippen molar-refractivity contribution in [2.45, 2.75) is 194 Å². The van der Waals surface area contributed by atoms with Gasteiger partial charge in [0.05, 0.1) is 0 Å². The van der Waals surface area contributed by atoms with Crippen molar-refractivity contribution in [3.63, 3.8) is 0 Å². The van der Waals surface area contributed by atoms with Crippen molar-refractivity contribution in [1.29, 1.82) is 0 Å². The van der Waals surface area contributed by atoms with Crippen LogP contribution in [0.4, 0.5) is 0 Å². The molecule has 0 fully saturated rings. The molecule has 1 heteroatoms. The zero-order chi connectivity index (χ0) is 26.9. The van der Waals surface area contributed by atoms with Crippen LogP contribution in [0.1, 0.15) is 194 Å². The molecule has 0 spiro atoms. The molecular formula is C36H70O. The summed E-state index contributed by atoms with van der Waals surface area (Å²) >= 11 is 0. The third kappa shape index (κ3) is 31.6. The van der Waals surface area contributed by atoms with Gasteiger partial charge in [0.2, 0.25) is 0 Å². The van der Waals surface area contributed by atoms with Gasteiger partial charge in [-0.05, 0) is 70.1 Å². The predicted octanol–water partition coefficient (Wildman–Crippen LogP) is 12.7. The molecular weight excluding hydrogens is 448 g/mol. The maximum atomic E-state index is 9.74. The molecule has 0 aromatic rings. The number of unbranched alkanes of at least 4 members (excludes halogenated alkanes) is 22. The minimum Gasteiger partial charge on any atom is -0.396 e. The van der Waals surface area contributed by atoms with Crippen LogP contribution in [-0.4, -0.2) is 11.7 Å². The molecule has 0 aliphatic heterocycles. The topological polar surface area (TPSA) is 20.2 Å². The number of hydrogen-bond donors (Lipinski definition) is 1. The van der Waals surface area contributed by atoms with Crippen LogP contribution in [0.3, 0.4) is 0 Å². The molecule has 1 N–H and O–H groups in total. The van der Waals surface area contributed by atoms with Crippen LogP contribution in [0.15, 0.2) is 24.3 Å². The second-order valence-corrected chi connectivity index (χ2v) is 11.8. The van der Waals surface area contributed by atoms with Gasteiger partial charge in [-0.25, -0.2) is 0 Å². The van der Waals surface area contributed by atoms with E-state index in [1.165, 1.54) is 180 Å². The molecule has 37 heavy (non-hydrogen) atoms. The van der Waals surface area contributed by atoms with Crippen molar-refractivity contribution in [1.82, 2.24) is 0 Å². The molecule has 220 valence electrons. The van der Waals surface area contributed by atoms with E-state index in [0.717, 1.165) is 0 Å². The molecule has 0 amide bonds. The van der Waals surface area contributed by atoms with Gasteiger partial charge in [0.25, 0.3) is 0 Å². The number of aliphatic hydroxyl groups excluding tert-OH is 1. The maximum absolute atomic E-state index is 9.74. The lowest BCUT2D eigenvalue weighted by Crippen LogP contribution is -2.06. The molecule has 0 rings (SSSR count). The molecule has 0 saturated carbocycles. The van der Waals surface area contributed by atoms with Crippen LogP contribution in [0.25, 0.3) is 0 Å². The highest BCUT2D eigenvalue weighted by atomic mass is 16.3. The van der Waals surface area contributed by atoms with Crippen molar-refractivity contribution in [3.8, 4) is 0 Å². The third-order valence-corrected chi connectivity index (χ3v) is 8.01. The van der Waals surface area contributed by atoms with E-state index in [1.807, 2.05) is 0 Å². The fraction of sp³-hybridized carbons (Fsp3) is 0.889. The molecule has 1 nitrogen and oxygen atoms in total. The summed E-state index contributed by atoms with van der Waals surface area (Å²) in [5.41, 5.74) is 0. The van der Waals surface area contributed by atoms with Gasteiger partial charge >= 0.3 is 0 Å². The summed E-state index contributed by atoms with van der Waals surface area (Å²) < 4.78 is 0. The van der Waals surface area contributed by atoms with Gasteiger partial charge < -0.3 is 5.11 Å². The van der Waals surface area contributed by atoms with Crippen molar-refractivity contribution in [2.24, 2.45) is 5.92 Å². The first kappa shape index (κ1) is 36.4. The Labute approximate surface area is 235 Å². The molecule has 0 radical (unpaired) electrons. The average molecular weight is 519 g/mol. The molecule has 0 saturated heterocycles. The Hall–Kier alpha value is -0.560. The van der Waals surface area contributed by atoms with E-state index in [4.69, 9.17) is 0 Å². The normalized spacial score (nSPS) is 12.8. The Morgan fingerprint density at radius 3 is 0.946 bits per heavy atom. The SMILES string of the molecule is CCCCCCCCC=CCCCCCCCCC(CO)CCCCCCC=CCCCCCCCC. The van der Waals surface area contributed by atoms with E-state index in [2.05, 4.69) is 38.2 Å². The molecule has 0 aromatic heterocycles. The molecule has 0 aliphatic rings. The Kier molecular flexibility index (Phi) is 33.0. The van der Waals surface area contributed by atoms with Crippen LogP contribution in [0, 0.1) is 5.92 Å². The first-order valence-electron chi connectivity index (χ1n) is 17.3. The highest BCUT2D eigenvalue weighted by molar-refractivity contribution is 4.82. The summed E-state index contributed by atoms with van der Waals surface area (Å²) in [6.07, 6.45) is 47.6. The van der Waals surface area contributed by atoms with Crippen molar-refractivity contribution >= 4 is 0 Å². The minimum atomic E-state index is 0.395. The Morgan fingerprint density at radius 2 is 0.649 bits per heavy atom. The van der Waals surface area contributed by atoms with Gasteiger partial charge in [0, 0.05) is 6.61 Å². The van der Waals surface area contributed by atoms with Gasteiger partial charge in [-0.1, -0.05) is 154 Å². The highest BCUT2D eigenvalue weighted by Crippen LogP contribution is 2.19. The summed E-state index contributed by atoms with van der Waals surface area (Å²) in [6.45, 7) is 4.97. The standard InChI is InChI=1S/C36H70O/c1-3-5-7-9-11-13-15-17-19-20-22-24-26-28-30-32-34-36(35-37)33-31-29-27-25-23-21-18-16-14-12-10-8-6-4-2/h17-19,21,36-37H,3-16,20,22-35H2,1-2H3. The monoisotopic (exact) mass is 519 g/mol. The lowest BCUT2D eigenvalue weighted by atomic mass is 9.95. The minimum absolute atomic E-state index is 0.395. The molecule has 0 bridgehead atoms. The number of allylic oxidation sites excluding steroid dienone is 4. The molecule has 1 unspecified atom stereocenters. The molecule has 0 aliphatic carbocycles. The van der Waals surface area contributed by atoms with Crippen LogP contribution < -0.4 is 0 Å². The lowest BCUT2D eigenvalue weighted by molar-refractivity contribution is 0.204. The van der Waals surface area contributed by atoms with Crippen LogP contribution in [-0.2, 0) is 0 Å². The summed E-state index contributed by atoms with van der Waals surface area (Å²) in [5, 5.41) is 9.74. The van der Waals surface area contributed by atoms with Gasteiger partial charge in [-0.3, -0.25) is 0 Å². The highest BCUT2D eigenvalue weighted by Gasteiger charge is 2.06. The fourth-order valence-corrected chi connectivity index (χ4v) is 5.33. The first-order chi connectivity index (χ1) is 18.3. The van der Waals surface area contributed by atoms with E-state index in [0.29, 0.717) is 12.5 Å². The maximum Gasteiger partial charge on any atom is 0.0459 e. The van der Waals surface area contributed by atoms with Crippen LogP contribution >= 0.6 is 0 Å². The summed E-state index contributed by atoms with van der Waals surface area (Å²) in [4.78, 5) is 0. The summed E-state index contributed by atoms with van der Waals surface area (Å²) in [7, 11) is 0. The molecule has 0 aromatic carbocycles. The Bertz CT molecular complexity index is 452. The van der Waals surface area contributed by atoms with Crippen molar-refractivity contribution < 1.29 is 5.11 Å². The van der Waals surface area contributed by atoms with E-state index in [9.17, 15) is 5.11 Å². The quantitative estimate of drug-likeness (QED) is 0.0714. The van der Waals surface area contributed by atoms with E-state index < -0.39 is 0 Å². The first-order valence-corrected chi connectivity index (χ1v) is 17.3. The van der Waals surface area contributed by atoms with Gasteiger partial charge in [0.1, 0.15) is 0 Å².